The Labute approximate surface area is 91.6 Å². The van der Waals surface area contributed by atoms with Gasteiger partial charge < -0.3 is 10.1 Å². The molecule has 1 heterocycles. The number of piperidine rings is 1. The van der Waals surface area contributed by atoms with Gasteiger partial charge in [0.25, 0.3) is 0 Å². The third kappa shape index (κ3) is 2.03. The molecule has 1 aliphatic heterocycles. The van der Waals surface area contributed by atoms with Crippen LogP contribution in [0.3, 0.4) is 0 Å². The minimum atomic E-state index is -0.437. The van der Waals surface area contributed by atoms with Crippen LogP contribution in [-0.4, -0.2) is 25.2 Å². The molecule has 0 aromatic heterocycles. The van der Waals surface area contributed by atoms with E-state index in [1.165, 1.54) is 32.8 Å². The van der Waals surface area contributed by atoms with Crippen molar-refractivity contribution in [1.82, 2.24) is 5.32 Å². The zero-order valence-electron chi connectivity index (χ0n) is 9.71. The fraction of sp³-hybridized carbons (Fsp3) is 0.917. The quantitative estimate of drug-likeness (QED) is 0.707. The Bertz CT molecular complexity index is 250. The van der Waals surface area contributed by atoms with E-state index in [0.29, 0.717) is 0 Å². The van der Waals surface area contributed by atoms with Gasteiger partial charge in [-0.15, -0.1) is 0 Å². The Hall–Kier alpha value is -0.570. The van der Waals surface area contributed by atoms with Gasteiger partial charge in [0.2, 0.25) is 0 Å². The molecule has 0 spiro atoms. The summed E-state index contributed by atoms with van der Waals surface area (Å²) in [5.41, 5.74) is -0.437. The van der Waals surface area contributed by atoms with Gasteiger partial charge in [-0.1, -0.05) is 19.3 Å². The molecule has 2 fully saturated rings. The minimum absolute atomic E-state index is 0.105. The molecule has 2 unspecified atom stereocenters. The van der Waals surface area contributed by atoms with Crippen molar-refractivity contribution in [2.45, 2.75) is 44.6 Å². The van der Waals surface area contributed by atoms with Crippen molar-refractivity contribution in [2.24, 2.45) is 11.8 Å². The molecule has 1 aliphatic carbocycles. The molecule has 1 saturated heterocycles. The van der Waals surface area contributed by atoms with Crippen molar-refractivity contribution in [3.05, 3.63) is 0 Å². The molecule has 86 valence electrons. The number of carbonyl (C=O) groups is 1. The van der Waals surface area contributed by atoms with Crippen molar-refractivity contribution in [3.8, 4) is 0 Å². The van der Waals surface area contributed by atoms with E-state index in [1.807, 2.05) is 6.92 Å². The lowest BCUT2D eigenvalue weighted by atomic mass is 9.68. The van der Waals surface area contributed by atoms with Crippen LogP contribution in [0.15, 0.2) is 0 Å². The SMILES string of the molecule is COC(=O)C1(C)CC(C2CCC2)CCN1. The molecular weight excluding hydrogens is 190 g/mol. The lowest BCUT2D eigenvalue weighted by Gasteiger charge is -2.43. The zero-order valence-corrected chi connectivity index (χ0v) is 9.71. The summed E-state index contributed by atoms with van der Waals surface area (Å²) in [4.78, 5) is 11.7. The second-order valence-electron chi connectivity index (χ2n) is 5.19. The van der Waals surface area contributed by atoms with Crippen LogP contribution in [0.25, 0.3) is 0 Å². The van der Waals surface area contributed by atoms with Gasteiger partial charge in [0.15, 0.2) is 0 Å². The summed E-state index contributed by atoms with van der Waals surface area (Å²) in [5, 5.41) is 3.30. The maximum Gasteiger partial charge on any atom is 0.325 e. The summed E-state index contributed by atoms with van der Waals surface area (Å²) in [5.74, 6) is 1.49. The zero-order chi connectivity index (χ0) is 10.9. The van der Waals surface area contributed by atoms with E-state index < -0.39 is 5.54 Å². The molecule has 0 aromatic rings. The van der Waals surface area contributed by atoms with Crippen LogP contribution < -0.4 is 5.32 Å². The van der Waals surface area contributed by atoms with Gasteiger partial charge >= 0.3 is 5.97 Å². The molecule has 1 N–H and O–H groups in total. The number of hydrogen-bond donors (Lipinski definition) is 1. The van der Waals surface area contributed by atoms with E-state index in [9.17, 15) is 4.79 Å². The van der Waals surface area contributed by atoms with Crippen LogP contribution in [0.2, 0.25) is 0 Å². The second-order valence-corrected chi connectivity index (χ2v) is 5.19. The lowest BCUT2D eigenvalue weighted by Crippen LogP contribution is -2.56. The molecule has 2 aliphatic rings. The summed E-state index contributed by atoms with van der Waals surface area (Å²) in [7, 11) is 1.47. The second kappa shape index (κ2) is 4.12. The topological polar surface area (TPSA) is 38.3 Å². The average Bonchev–Trinajstić information content (AvgIpc) is 2.14. The van der Waals surface area contributed by atoms with Gasteiger partial charge in [0, 0.05) is 0 Å². The summed E-state index contributed by atoms with van der Waals surface area (Å²) >= 11 is 0. The standard InChI is InChI=1S/C12H21NO2/c1-12(11(14)15-2)8-10(6-7-13-12)9-4-3-5-9/h9-10,13H,3-8H2,1-2H3. The first-order valence-electron chi connectivity index (χ1n) is 5.99. The Balaban J connectivity index is 1.98. The van der Waals surface area contributed by atoms with Gasteiger partial charge in [0.1, 0.15) is 5.54 Å². The molecule has 1 saturated carbocycles. The van der Waals surface area contributed by atoms with Gasteiger partial charge in [-0.05, 0) is 38.1 Å². The monoisotopic (exact) mass is 211 g/mol. The van der Waals surface area contributed by atoms with E-state index in [0.717, 1.165) is 24.8 Å². The highest BCUT2D eigenvalue weighted by Crippen LogP contribution is 2.40. The largest absolute Gasteiger partial charge is 0.468 e. The summed E-state index contributed by atoms with van der Waals surface area (Å²) in [6.45, 7) is 2.93. The van der Waals surface area contributed by atoms with Crippen molar-refractivity contribution in [1.29, 1.82) is 0 Å². The van der Waals surface area contributed by atoms with Crippen LogP contribution >= 0.6 is 0 Å². The normalized spacial score (nSPS) is 37.1. The Morgan fingerprint density at radius 1 is 1.33 bits per heavy atom. The van der Waals surface area contributed by atoms with Crippen LogP contribution in [0.4, 0.5) is 0 Å². The maximum atomic E-state index is 11.7. The van der Waals surface area contributed by atoms with E-state index in [2.05, 4.69) is 5.32 Å². The van der Waals surface area contributed by atoms with Crippen molar-refractivity contribution < 1.29 is 9.53 Å². The molecule has 0 radical (unpaired) electrons. The predicted octanol–water partition coefficient (Wildman–Crippen LogP) is 1.72. The molecule has 0 amide bonds. The Kier molecular flexibility index (Phi) is 3.01. The Morgan fingerprint density at radius 2 is 2.07 bits per heavy atom. The molecule has 2 rings (SSSR count). The number of hydrogen-bond acceptors (Lipinski definition) is 3. The Morgan fingerprint density at radius 3 is 2.60 bits per heavy atom. The lowest BCUT2D eigenvalue weighted by molar-refractivity contribution is -0.150. The first-order valence-corrected chi connectivity index (χ1v) is 5.99. The smallest absolute Gasteiger partial charge is 0.325 e. The van der Waals surface area contributed by atoms with Gasteiger partial charge in [-0.3, -0.25) is 4.79 Å². The van der Waals surface area contributed by atoms with Crippen LogP contribution in [0.5, 0.6) is 0 Å². The number of nitrogens with one attached hydrogen (secondary N) is 1. The van der Waals surface area contributed by atoms with E-state index in [4.69, 9.17) is 4.74 Å². The molecule has 3 nitrogen and oxygen atoms in total. The third-order valence-electron chi connectivity index (χ3n) is 4.15. The van der Waals surface area contributed by atoms with Crippen molar-refractivity contribution in [3.63, 3.8) is 0 Å². The van der Waals surface area contributed by atoms with Gasteiger partial charge in [0.05, 0.1) is 7.11 Å². The van der Waals surface area contributed by atoms with Gasteiger partial charge in [-0.2, -0.15) is 0 Å². The number of methoxy groups -OCH3 is 1. The van der Waals surface area contributed by atoms with E-state index >= 15 is 0 Å². The van der Waals surface area contributed by atoms with Crippen LogP contribution in [0.1, 0.15) is 39.0 Å². The third-order valence-corrected chi connectivity index (χ3v) is 4.15. The van der Waals surface area contributed by atoms with Crippen molar-refractivity contribution in [2.75, 3.05) is 13.7 Å². The number of rotatable bonds is 2. The molecule has 3 heteroatoms. The molecule has 2 atom stereocenters. The molecule has 0 bridgehead atoms. The highest BCUT2D eigenvalue weighted by molar-refractivity contribution is 5.80. The minimum Gasteiger partial charge on any atom is -0.468 e. The highest BCUT2D eigenvalue weighted by Gasteiger charge is 2.42. The molecule has 0 aromatic carbocycles. The van der Waals surface area contributed by atoms with Gasteiger partial charge in [-0.25, -0.2) is 0 Å². The fourth-order valence-electron chi connectivity index (χ4n) is 2.93. The highest BCUT2D eigenvalue weighted by atomic mass is 16.5. The first-order chi connectivity index (χ1) is 7.15. The summed E-state index contributed by atoms with van der Waals surface area (Å²) in [6, 6.07) is 0. The number of ether oxygens (including phenoxy) is 1. The summed E-state index contributed by atoms with van der Waals surface area (Å²) < 4.78 is 4.87. The van der Waals surface area contributed by atoms with E-state index in [-0.39, 0.29) is 5.97 Å². The maximum absolute atomic E-state index is 11.7. The van der Waals surface area contributed by atoms with Crippen molar-refractivity contribution >= 4 is 5.97 Å². The van der Waals surface area contributed by atoms with Crippen LogP contribution in [0, 0.1) is 11.8 Å². The average molecular weight is 211 g/mol. The molecular formula is C12H21NO2. The van der Waals surface area contributed by atoms with E-state index in [1.54, 1.807) is 0 Å². The van der Waals surface area contributed by atoms with Crippen LogP contribution in [-0.2, 0) is 9.53 Å². The predicted molar refractivity (Wildman–Crippen MR) is 58.5 cm³/mol. The number of esters is 1. The molecule has 15 heavy (non-hydrogen) atoms. The summed E-state index contributed by atoms with van der Waals surface area (Å²) in [6.07, 6.45) is 6.27. The fourth-order valence-corrected chi connectivity index (χ4v) is 2.93. The first kappa shape index (κ1) is 10.9. The number of carbonyl (C=O) groups excluding carboxylic acids is 1.